The van der Waals surface area contributed by atoms with E-state index in [9.17, 15) is 4.79 Å². The lowest BCUT2D eigenvalue weighted by molar-refractivity contribution is 0.0677. The van der Waals surface area contributed by atoms with E-state index in [1.165, 1.54) is 6.42 Å². The molecular weight excluding hydrogens is 330 g/mol. The van der Waals surface area contributed by atoms with Crippen molar-refractivity contribution in [3.63, 3.8) is 0 Å². The van der Waals surface area contributed by atoms with Gasteiger partial charge >= 0.3 is 0 Å². The fourth-order valence-corrected chi connectivity index (χ4v) is 3.22. The summed E-state index contributed by atoms with van der Waals surface area (Å²) in [5.41, 5.74) is 2.04. The number of pyridine rings is 1. The number of anilines is 2. The van der Waals surface area contributed by atoms with Gasteiger partial charge in [-0.2, -0.15) is 0 Å². The minimum atomic E-state index is -0.0121. The van der Waals surface area contributed by atoms with Gasteiger partial charge in [0, 0.05) is 31.0 Å². The van der Waals surface area contributed by atoms with Crippen molar-refractivity contribution in [3.8, 4) is 11.5 Å². The molecule has 0 radical (unpaired) electrons. The Morgan fingerprint density at radius 1 is 1.23 bits per heavy atom. The van der Waals surface area contributed by atoms with Gasteiger partial charge < -0.3 is 19.7 Å². The molecule has 1 aromatic carbocycles. The smallest absolute Gasteiger partial charge is 0.272 e. The van der Waals surface area contributed by atoms with Crippen molar-refractivity contribution in [1.29, 1.82) is 0 Å². The van der Waals surface area contributed by atoms with Crippen molar-refractivity contribution in [1.82, 2.24) is 9.88 Å². The zero-order valence-electron chi connectivity index (χ0n) is 15.5. The average Bonchev–Trinajstić information content (AvgIpc) is 2.68. The molecule has 2 aromatic rings. The predicted octanol–water partition coefficient (Wildman–Crippen LogP) is 3.71. The Labute approximate surface area is 154 Å². The van der Waals surface area contributed by atoms with Gasteiger partial charge in [0.25, 0.3) is 5.91 Å². The van der Waals surface area contributed by atoms with Gasteiger partial charge in [-0.25, -0.2) is 0 Å². The third kappa shape index (κ3) is 4.07. The number of aromatic nitrogens is 1. The van der Waals surface area contributed by atoms with Crippen molar-refractivity contribution in [2.45, 2.75) is 19.8 Å². The molecule has 1 aromatic heterocycles. The summed E-state index contributed by atoms with van der Waals surface area (Å²) in [5, 5.41) is 3.29. The molecule has 1 unspecified atom stereocenters. The summed E-state index contributed by atoms with van der Waals surface area (Å²) in [6.07, 6.45) is 3.88. The lowest BCUT2D eigenvalue weighted by atomic mass is 10.00. The molecule has 1 atom stereocenters. The number of ether oxygens (including phenoxy) is 2. The van der Waals surface area contributed by atoms with Crippen LogP contribution in [-0.2, 0) is 0 Å². The van der Waals surface area contributed by atoms with E-state index >= 15 is 0 Å². The minimum absolute atomic E-state index is 0.0121. The monoisotopic (exact) mass is 355 g/mol. The first-order valence-corrected chi connectivity index (χ1v) is 8.85. The maximum atomic E-state index is 12.8. The molecule has 1 aliphatic heterocycles. The first kappa shape index (κ1) is 18.0. The number of benzene rings is 1. The molecule has 1 fully saturated rings. The lowest BCUT2D eigenvalue weighted by Crippen LogP contribution is -2.39. The van der Waals surface area contributed by atoms with Crippen LogP contribution in [-0.4, -0.2) is 43.1 Å². The molecule has 6 heteroatoms. The van der Waals surface area contributed by atoms with Gasteiger partial charge in [-0.1, -0.05) is 6.92 Å². The Morgan fingerprint density at radius 3 is 2.81 bits per heavy atom. The van der Waals surface area contributed by atoms with Crippen LogP contribution in [0, 0.1) is 5.92 Å². The molecule has 1 N–H and O–H groups in total. The number of rotatable bonds is 5. The molecule has 1 aliphatic rings. The number of nitrogens with one attached hydrogen (secondary N) is 1. The van der Waals surface area contributed by atoms with E-state index in [-0.39, 0.29) is 5.91 Å². The first-order chi connectivity index (χ1) is 12.6. The van der Waals surface area contributed by atoms with E-state index in [4.69, 9.17) is 9.47 Å². The number of hydrogen-bond acceptors (Lipinski definition) is 5. The second kappa shape index (κ2) is 8.08. The minimum Gasteiger partial charge on any atom is -0.497 e. The molecule has 138 valence electrons. The molecule has 6 nitrogen and oxygen atoms in total. The Bertz CT molecular complexity index is 779. The summed E-state index contributed by atoms with van der Waals surface area (Å²) < 4.78 is 10.6. The van der Waals surface area contributed by atoms with Crippen LogP contribution in [0.3, 0.4) is 0 Å². The van der Waals surface area contributed by atoms with Gasteiger partial charge in [0.1, 0.15) is 17.2 Å². The Kier molecular flexibility index (Phi) is 5.61. The zero-order valence-corrected chi connectivity index (χ0v) is 15.5. The Balaban J connectivity index is 1.78. The highest BCUT2D eigenvalue weighted by molar-refractivity contribution is 5.93. The summed E-state index contributed by atoms with van der Waals surface area (Å²) in [6.45, 7) is 3.78. The summed E-state index contributed by atoms with van der Waals surface area (Å²) in [4.78, 5) is 18.9. The van der Waals surface area contributed by atoms with Crippen LogP contribution in [0.4, 0.5) is 11.4 Å². The maximum Gasteiger partial charge on any atom is 0.272 e. The van der Waals surface area contributed by atoms with Crippen molar-refractivity contribution in [2.75, 3.05) is 32.6 Å². The highest BCUT2D eigenvalue weighted by atomic mass is 16.5. The van der Waals surface area contributed by atoms with Crippen molar-refractivity contribution in [3.05, 3.63) is 42.2 Å². The molecule has 1 saturated heterocycles. The number of amides is 1. The molecule has 26 heavy (non-hydrogen) atoms. The third-order valence-electron chi connectivity index (χ3n) is 4.61. The summed E-state index contributed by atoms with van der Waals surface area (Å²) in [7, 11) is 3.23. The molecule has 3 rings (SSSR count). The SMILES string of the molecule is COc1ccc(Nc2ccnc(C(=O)N3CCCC(C)C3)c2)c(OC)c1. The van der Waals surface area contributed by atoms with Crippen molar-refractivity contribution < 1.29 is 14.3 Å². The molecule has 0 saturated carbocycles. The van der Waals surface area contributed by atoms with E-state index in [1.54, 1.807) is 26.5 Å². The molecule has 1 amide bonds. The second-order valence-electron chi connectivity index (χ2n) is 6.62. The van der Waals surface area contributed by atoms with Gasteiger partial charge in [-0.15, -0.1) is 0 Å². The zero-order chi connectivity index (χ0) is 18.5. The average molecular weight is 355 g/mol. The summed E-state index contributed by atoms with van der Waals surface area (Å²) in [5.74, 6) is 1.91. The Morgan fingerprint density at radius 2 is 2.08 bits per heavy atom. The number of piperidine rings is 1. The number of methoxy groups -OCH3 is 2. The van der Waals surface area contributed by atoms with E-state index < -0.39 is 0 Å². The van der Waals surface area contributed by atoms with Gasteiger partial charge in [0.15, 0.2) is 0 Å². The number of hydrogen-bond donors (Lipinski definition) is 1. The molecule has 0 aliphatic carbocycles. The van der Waals surface area contributed by atoms with Crippen LogP contribution >= 0.6 is 0 Å². The van der Waals surface area contributed by atoms with E-state index in [0.29, 0.717) is 17.4 Å². The van der Waals surface area contributed by atoms with E-state index in [1.807, 2.05) is 29.2 Å². The standard InChI is InChI=1S/C20H25N3O3/c1-14-5-4-10-23(13-14)20(24)18-11-15(8-9-21-18)22-17-7-6-16(25-2)12-19(17)26-3/h6-9,11-12,14H,4-5,10,13H2,1-3H3,(H,21,22). The van der Waals surface area contributed by atoms with Crippen molar-refractivity contribution >= 4 is 17.3 Å². The quantitative estimate of drug-likeness (QED) is 0.886. The van der Waals surface area contributed by atoms with E-state index in [0.717, 1.165) is 36.6 Å². The van der Waals surface area contributed by atoms with Gasteiger partial charge in [-0.05, 0) is 43.0 Å². The van der Waals surface area contributed by atoms with Crippen LogP contribution in [0.1, 0.15) is 30.3 Å². The second-order valence-corrected chi connectivity index (χ2v) is 6.62. The van der Waals surface area contributed by atoms with Gasteiger partial charge in [0.2, 0.25) is 0 Å². The molecule has 2 heterocycles. The van der Waals surface area contributed by atoms with E-state index in [2.05, 4.69) is 17.2 Å². The number of carbonyl (C=O) groups excluding carboxylic acids is 1. The van der Waals surface area contributed by atoms with Crippen molar-refractivity contribution in [2.24, 2.45) is 5.92 Å². The lowest BCUT2D eigenvalue weighted by Gasteiger charge is -2.30. The largest absolute Gasteiger partial charge is 0.497 e. The molecule has 0 spiro atoms. The highest BCUT2D eigenvalue weighted by Crippen LogP contribution is 2.31. The first-order valence-electron chi connectivity index (χ1n) is 8.85. The van der Waals surface area contributed by atoms with Crippen LogP contribution in [0.2, 0.25) is 0 Å². The van der Waals surface area contributed by atoms with Crippen LogP contribution in [0.25, 0.3) is 0 Å². The number of likely N-dealkylation sites (tertiary alicyclic amines) is 1. The van der Waals surface area contributed by atoms with Gasteiger partial charge in [0.05, 0.1) is 19.9 Å². The normalized spacial score (nSPS) is 16.9. The predicted molar refractivity (Wildman–Crippen MR) is 101 cm³/mol. The van der Waals surface area contributed by atoms with Crippen LogP contribution in [0.15, 0.2) is 36.5 Å². The third-order valence-corrected chi connectivity index (χ3v) is 4.61. The fraction of sp³-hybridized carbons (Fsp3) is 0.400. The fourth-order valence-electron chi connectivity index (χ4n) is 3.22. The summed E-state index contributed by atoms with van der Waals surface area (Å²) >= 11 is 0. The molecule has 0 bridgehead atoms. The Hall–Kier alpha value is -2.76. The molecular formula is C20H25N3O3. The summed E-state index contributed by atoms with van der Waals surface area (Å²) in [6, 6.07) is 9.16. The van der Waals surface area contributed by atoms with Gasteiger partial charge in [-0.3, -0.25) is 9.78 Å². The van der Waals surface area contributed by atoms with Crippen LogP contribution in [0.5, 0.6) is 11.5 Å². The number of carbonyl (C=O) groups is 1. The highest BCUT2D eigenvalue weighted by Gasteiger charge is 2.23. The number of nitrogens with zero attached hydrogens (tertiary/aromatic N) is 2. The topological polar surface area (TPSA) is 63.7 Å². The maximum absolute atomic E-state index is 12.8. The van der Waals surface area contributed by atoms with Crippen LogP contribution < -0.4 is 14.8 Å².